The lowest BCUT2D eigenvalue weighted by molar-refractivity contribution is -0.139. The van der Waals surface area contributed by atoms with E-state index in [1.54, 1.807) is 19.9 Å². The Balaban J connectivity index is 1.60. The van der Waals surface area contributed by atoms with Crippen molar-refractivity contribution in [2.24, 2.45) is 5.73 Å². The molecule has 1 aromatic heterocycles. The molecule has 0 radical (unpaired) electrons. The summed E-state index contributed by atoms with van der Waals surface area (Å²) in [6.07, 6.45) is -7.48. The Labute approximate surface area is 203 Å². The van der Waals surface area contributed by atoms with Gasteiger partial charge in [-0.1, -0.05) is 29.5 Å². The fourth-order valence-electron chi connectivity index (χ4n) is 3.40. The summed E-state index contributed by atoms with van der Waals surface area (Å²) < 4.78 is 85.6. The number of nitrogens with two attached hydrogens (primary N) is 1. The summed E-state index contributed by atoms with van der Waals surface area (Å²) in [7, 11) is 0. The molecule has 2 aromatic carbocycles. The van der Waals surface area contributed by atoms with Crippen molar-refractivity contribution < 1.29 is 31.1 Å². The van der Waals surface area contributed by atoms with Gasteiger partial charge in [0.15, 0.2) is 0 Å². The molecule has 11 heteroatoms. The number of aromatic nitrogens is 2. The van der Waals surface area contributed by atoms with Crippen molar-refractivity contribution in [2.75, 3.05) is 6.61 Å². The van der Waals surface area contributed by atoms with E-state index in [1.165, 1.54) is 24.3 Å². The van der Waals surface area contributed by atoms with Gasteiger partial charge in [-0.3, -0.25) is 0 Å². The molecule has 0 aliphatic heterocycles. The molecule has 0 bridgehead atoms. The van der Waals surface area contributed by atoms with Crippen LogP contribution in [0.2, 0.25) is 0 Å². The normalized spacial score (nSPS) is 12.7. The predicted octanol–water partition coefficient (Wildman–Crippen LogP) is 7.23. The van der Waals surface area contributed by atoms with E-state index in [-0.39, 0.29) is 29.9 Å². The number of unbranched alkanes of at least 4 members (excludes halogenated alkanes) is 2. The van der Waals surface area contributed by atoms with Crippen molar-refractivity contribution in [3.8, 4) is 16.3 Å². The van der Waals surface area contributed by atoms with E-state index in [0.717, 1.165) is 23.5 Å². The lowest BCUT2D eigenvalue weighted by Crippen LogP contribution is -2.28. The lowest BCUT2D eigenvalue weighted by atomic mass is 10.0. The summed E-state index contributed by atoms with van der Waals surface area (Å²) in [5, 5.41) is 8.74. The Kier molecular flexibility index (Phi) is 8.10. The first-order valence-corrected chi connectivity index (χ1v) is 11.7. The smallest absolute Gasteiger partial charge is 0.419 e. The summed E-state index contributed by atoms with van der Waals surface area (Å²) in [4.78, 5) is 0. The third-order valence-electron chi connectivity index (χ3n) is 5.18. The Morgan fingerprint density at radius 1 is 0.857 bits per heavy atom. The zero-order valence-electron chi connectivity index (χ0n) is 19.1. The number of benzene rings is 2. The Hall–Kier alpha value is -2.66. The average molecular weight is 518 g/mol. The summed E-state index contributed by atoms with van der Waals surface area (Å²) in [5.41, 5.74) is 4.07. The zero-order valence-corrected chi connectivity index (χ0v) is 19.9. The van der Waals surface area contributed by atoms with Crippen LogP contribution in [-0.4, -0.2) is 16.8 Å². The number of ether oxygens (including phenoxy) is 1. The van der Waals surface area contributed by atoms with Gasteiger partial charge in [0.25, 0.3) is 0 Å². The number of hydrogen-bond donors (Lipinski definition) is 1. The molecule has 0 aliphatic carbocycles. The van der Waals surface area contributed by atoms with E-state index in [4.69, 9.17) is 10.5 Å². The quantitative estimate of drug-likeness (QED) is 0.240. The van der Waals surface area contributed by atoms with Crippen LogP contribution in [-0.2, 0) is 24.3 Å². The number of halogens is 6. The second-order valence-electron chi connectivity index (χ2n) is 8.66. The number of hydrogen-bond acceptors (Lipinski definition) is 5. The first-order chi connectivity index (χ1) is 16.3. The molecule has 3 rings (SSSR count). The van der Waals surface area contributed by atoms with Crippen LogP contribution >= 0.6 is 11.3 Å². The minimum absolute atomic E-state index is 0.00760. The van der Waals surface area contributed by atoms with Crippen molar-refractivity contribution in [1.29, 1.82) is 0 Å². The van der Waals surface area contributed by atoms with Gasteiger partial charge in [0.2, 0.25) is 0 Å². The van der Waals surface area contributed by atoms with Gasteiger partial charge in [0.05, 0.1) is 23.3 Å². The second kappa shape index (κ2) is 10.5. The van der Waals surface area contributed by atoms with Gasteiger partial charge in [-0.05, 0) is 69.4 Å². The molecule has 0 aliphatic rings. The molecule has 0 saturated heterocycles. The van der Waals surface area contributed by atoms with E-state index >= 15 is 0 Å². The standard InChI is InChI=1S/C24H25F6N3OS/c1-22(2,31)21-33-32-20(35-21)16-11-12-19(18(14-16)24(28,29)30)34-13-7-3-4-8-15-9-5-6-10-17(15)23(25,26)27/h5-6,9-12,14H,3-4,7-8,13,31H2,1-2H3. The lowest BCUT2D eigenvalue weighted by Gasteiger charge is -2.15. The van der Waals surface area contributed by atoms with Crippen LogP contribution in [0.1, 0.15) is 54.8 Å². The highest BCUT2D eigenvalue weighted by molar-refractivity contribution is 7.14. The number of nitrogens with zero attached hydrogens (tertiary/aromatic N) is 2. The van der Waals surface area contributed by atoms with Crippen LogP contribution < -0.4 is 10.5 Å². The summed E-state index contributed by atoms with van der Waals surface area (Å²) in [6.45, 7) is 3.46. The first-order valence-electron chi connectivity index (χ1n) is 10.9. The molecule has 190 valence electrons. The highest BCUT2D eigenvalue weighted by Crippen LogP contribution is 2.40. The van der Waals surface area contributed by atoms with E-state index in [9.17, 15) is 26.3 Å². The molecule has 0 fully saturated rings. The Bertz CT molecular complexity index is 1140. The molecule has 1 heterocycles. The molecule has 0 saturated carbocycles. The van der Waals surface area contributed by atoms with Crippen LogP contribution in [0.15, 0.2) is 42.5 Å². The van der Waals surface area contributed by atoms with Crippen LogP contribution in [0.25, 0.3) is 10.6 Å². The minimum Gasteiger partial charge on any atom is -0.493 e. The van der Waals surface area contributed by atoms with Crippen LogP contribution in [0.3, 0.4) is 0 Å². The summed E-state index contributed by atoms with van der Waals surface area (Å²) in [6, 6.07) is 9.06. The summed E-state index contributed by atoms with van der Waals surface area (Å²) >= 11 is 1.12. The molecular weight excluding hydrogens is 492 g/mol. The molecule has 0 amide bonds. The summed E-state index contributed by atoms with van der Waals surface area (Å²) in [5.74, 6) is -0.312. The fourth-order valence-corrected chi connectivity index (χ4v) is 4.26. The van der Waals surface area contributed by atoms with E-state index in [2.05, 4.69) is 10.2 Å². The Morgan fingerprint density at radius 2 is 1.54 bits per heavy atom. The van der Waals surface area contributed by atoms with E-state index in [1.807, 2.05) is 0 Å². The molecule has 0 spiro atoms. The van der Waals surface area contributed by atoms with Gasteiger partial charge in [0, 0.05) is 5.56 Å². The van der Waals surface area contributed by atoms with Gasteiger partial charge in [-0.15, -0.1) is 10.2 Å². The monoisotopic (exact) mass is 517 g/mol. The molecule has 4 nitrogen and oxygen atoms in total. The largest absolute Gasteiger partial charge is 0.493 e. The third-order valence-corrected chi connectivity index (χ3v) is 6.49. The number of alkyl halides is 6. The van der Waals surface area contributed by atoms with Gasteiger partial charge in [-0.2, -0.15) is 26.3 Å². The van der Waals surface area contributed by atoms with Crippen molar-refractivity contribution in [1.82, 2.24) is 10.2 Å². The van der Waals surface area contributed by atoms with Crippen molar-refractivity contribution in [3.63, 3.8) is 0 Å². The minimum atomic E-state index is -4.65. The fraction of sp³-hybridized carbons (Fsp3) is 0.417. The second-order valence-corrected chi connectivity index (χ2v) is 9.63. The van der Waals surface area contributed by atoms with Crippen molar-refractivity contribution >= 4 is 11.3 Å². The molecule has 0 unspecified atom stereocenters. The van der Waals surface area contributed by atoms with Crippen molar-refractivity contribution in [2.45, 2.75) is 57.4 Å². The number of aryl methyl sites for hydroxylation is 1. The predicted molar refractivity (Wildman–Crippen MR) is 122 cm³/mol. The zero-order chi connectivity index (χ0) is 25.9. The highest BCUT2D eigenvalue weighted by atomic mass is 32.1. The maximum atomic E-state index is 13.7. The average Bonchev–Trinajstić information content (AvgIpc) is 3.26. The molecule has 3 aromatic rings. The van der Waals surface area contributed by atoms with Crippen LogP contribution in [0.4, 0.5) is 26.3 Å². The van der Waals surface area contributed by atoms with Crippen LogP contribution in [0.5, 0.6) is 5.75 Å². The maximum absolute atomic E-state index is 13.7. The molecule has 2 N–H and O–H groups in total. The molecular formula is C24H25F6N3OS. The molecule has 35 heavy (non-hydrogen) atoms. The number of rotatable bonds is 9. The topological polar surface area (TPSA) is 61.0 Å². The van der Waals surface area contributed by atoms with Gasteiger partial charge >= 0.3 is 12.4 Å². The first kappa shape index (κ1) is 26.9. The maximum Gasteiger partial charge on any atom is 0.419 e. The van der Waals surface area contributed by atoms with Gasteiger partial charge < -0.3 is 10.5 Å². The van der Waals surface area contributed by atoms with Gasteiger partial charge in [0.1, 0.15) is 15.8 Å². The molecule has 0 atom stereocenters. The third kappa shape index (κ3) is 7.17. The SMILES string of the molecule is CC(C)(N)c1nnc(-c2ccc(OCCCCCc3ccccc3C(F)(F)F)c(C(F)(F)F)c2)s1. The Morgan fingerprint density at radius 3 is 2.17 bits per heavy atom. The van der Waals surface area contributed by atoms with Crippen LogP contribution in [0, 0.1) is 0 Å². The van der Waals surface area contributed by atoms with E-state index < -0.39 is 29.0 Å². The highest BCUT2D eigenvalue weighted by Gasteiger charge is 2.35. The van der Waals surface area contributed by atoms with Crippen molar-refractivity contribution in [3.05, 3.63) is 64.2 Å². The van der Waals surface area contributed by atoms with Gasteiger partial charge in [-0.25, -0.2) is 0 Å². The van der Waals surface area contributed by atoms with E-state index in [0.29, 0.717) is 29.3 Å².